The van der Waals surface area contributed by atoms with Gasteiger partial charge in [-0.25, -0.2) is 9.55 Å². The van der Waals surface area contributed by atoms with Crippen LogP contribution in [0, 0.1) is 0 Å². The highest BCUT2D eigenvalue weighted by atomic mass is 15.1. The zero-order valence-corrected chi connectivity index (χ0v) is 30.4. The van der Waals surface area contributed by atoms with E-state index in [-0.39, 0.29) is 0 Å². The van der Waals surface area contributed by atoms with E-state index < -0.39 is 0 Å². The molecule has 2 heteroatoms. The third-order valence-corrected chi connectivity index (χ3v) is 10.1. The van der Waals surface area contributed by atoms with Crippen molar-refractivity contribution in [1.29, 1.82) is 0 Å². The lowest BCUT2D eigenvalue weighted by molar-refractivity contribution is -0.727. The summed E-state index contributed by atoms with van der Waals surface area (Å²) in [5.74, 6) is 2.25. The first kappa shape index (κ1) is 40.2. The van der Waals surface area contributed by atoms with Crippen molar-refractivity contribution >= 4 is 0 Å². The molecule has 2 unspecified atom stereocenters. The highest BCUT2D eigenvalue weighted by Gasteiger charge is 2.25. The molecule has 0 aliphatic carbocycles. The number of nitrogens with zero attached hydrogens (tertiary/aromatic N) is 1. The molecule has 1 aromatic rings. The van der Waals surface area contributed by atoms with Crippen molar-refractivity contribution < 1.29 is 4.57 Å². The van der Waals surface area contributed by atoms with Crippen molar-refractivity contribution in [3.05, 3.63) is 18.2 Å². The van der Waals surface area contributed by atoms with E-state index in [1.165, 1.54) is 211 Å². The Kier molecular flexibility index (Phi) is 29.2. The quantitative estimate of drug-likeness (QED) is 0.0599. The second kappa shape index (κ2) is 31.2. The predicted molar refractivity (Wildman–Crippen MR) is 193 cm³/mol. The fourth-order valence-corrected chi connectivity index (χ4v) is 7.13. The first-order valence-electron chi connectivity index (χ1n) is 20.3. The molecule has 1 N–H and O–H groups in total. The van der Waals surface area contributed by atoms with E-state index in [1.807, 2.05) is 0 Å². The van der Waals surface area contributed by atoms with Gasteiger partial charge in [0.1, 0.15) is 12.4 Å². The van der Waals surface area contributed by atoms with Crippen LogP contribution in [0.15, 0.2) is 12.4 Å². The van der Waals surface area contributed by atoms with Gasteiger partial charge in [0.2, 0.25) is 0 Å². The highest BCUT2D eigenvalue weighted by Crippen LogP contribution is 2.27. The third kappa shape index (κ3) is 23.2. The van der Waals surface area contributed by atoms with Gasteiger partial charge >= 0.3 is 0 Å². The van der Waals surface area contributed by atoms with Gasteiger partial charge in [-0.15, -0.1) is 0 Å². The molecule has 0 fully saturated rings. The van der Waals surface area contributed by atoms with Crippen molar-refractivity contribution in [3.63, 3.8) is 0 Å². The Bertz CT molecular complexity index is 664. The molecular formula is C41H81N2+. The first-order chi connectivity index (χ1) is 21.2. The van der Waals surface area contributed by atoms with Crippen LogP contribution >= 0.6 is 0 Å². The van der Waals surface area contributed by atoms with E-state index in [2.05, 4.69) is 49.6 Å². The normalized spacial score (nSPS) is 13.1. The van der Waals surface area contributed by atoms with Crippen LogP contribution in [-0.4, -0.2) is 4.98 Å². The Balaban J connectivity index is 2.35. The number of unbranched alkanes of at least 4 members (excludes halogenated alkanes) is 26. The Morgan fingerprint density at radius 1 is 0.442 bits per heavy atom. The Labute approximate surface area is 272 Å². The molecule has 0 saturated heterocycles. The number of imidazole rings is 1. The third-order valence-electron chi connectivity index (χ3n) is 10.1. The summed E-state index contributed by atoms with van der Waals surface area (Å²) in [6.45, 7) is 9.40. The summed E-state index contributed by atoms with van der Waals surface area (Å²) < 4.78 is 2.63. The second-order valence-corrected chi connectivity index (χ2v) is 14.4. The summed E-state index contributed by atoms with van der Waals surface area (Å²) in [6.07, 6.45) is 50.2. The maximum absolute atomic E-state index is 3.74. The monoisotopic (exact) mass is 602 g/mol. The van der Waals surface area contributed by atoms with E-state index in [0.29, 0.717) is 12.0 Å². The van der Waals surface area contributed by atoms with E-state index in [4.69, 9.17) is 0 Å². The van der Waals surface area contributed by atoms with Gasteiger partial charge in [0, 0.05) is 0 Å². The van der Waals surface area contributed by atoms with E-state index in [0.717, 1.165) is 0 Å². The second-order valence-electron chi connectivity index (χ2n) is 14.4. The van der Waals surface area contributed by atoms with E-state index >= 15 is 0 Å². The number of hydrogen-bond acceptors (Lipinski definition) is 0. The minimum atomic E-state index is 0.620. The van der Waals surface area contributed by atoms with Crippen molar-refractivity contribution in [2.24, 2.45) is 0 Å². The molecule has 0 amide bonds. The average Bonchev–Trinajstić information content (AvgIpc) is 3.51. The van der Waals surface area contributed by atoms with Gasteiger partial charge in [0.05, 0.1) is 12.0 Å². The smallest absolute Gasteiger partial charge is 0.247 e. The average molecular weight is 602 g/mol. The lowest BCUT2D eigenvalue weighted by atomic mass is 9.92. The molecule has 2 atom stereocenters. The highest BCUT2D eigenvalue weighted by molar-refractivity contribution is 4.90. The van der Waals surface area contributed by atoms with E-state index in [1.54, 1.807) is 0 Å². The molecule has 43 heavy (non-hydrogen) atoms. The molecule has 0 aromatic carbocycles. The maximum Gasteiger partial charge on any atom is 0.257 e. The first-order valence-corrected chi connectivity index (χ1v) is 20.3. The Hall–Kier alpha value is -0.790. The van der Waals surface area contributed by atoms with Gasteiger partial charge in [0.25, 0.3) is 5.82 Å². The lowest BCUT2D eigenvalue weighted by Crippen LogP contribution is -2.41. The molecular weight excluding hydrogens is 520 g/mol. The van der Waals surface area contributed by atoms with Crippen LogP contribution in [0.4, 0.5) is 0 Å². The number of aromatic nitrogens is 2. The fraction of sp³-hybridized carbons (Fsp3) is 0.927. The van der Waals surface area contributed by atoms with Crippen LogP contribution in [0.25, 0.3) is 0 Å². The number of hydrogen-bond donors (Lipinski definition) is 1. The molecule has 1 aromatic heterocycles. The van der Waals surface area contributed by atoms with Crippen LogP contribution in [0.5, 0.6) is 0 Å². The van der Waals surface area contributed by atoms with Crippen molar-refractivity contribution in [2.45, 2.75) is 245 Å². The molecule has 254 valence electrons. The van der Waals surface area contributed by atoms with Crippen molar-refractivity contribution in [1.82, 2.24) is 4.98 Å². The SMILES string of the molecule is CCCCCCCCCCCCCCCCCC(CCCCCCCCCCC)c1[nH]cc[n+]1C(C)CCCCCCC. The van der Waals surface area contributed by atoms with Crippen LogP contribution in [-0.2, 0) is 0 Å². The van der Waals surface area contributed by atoms with Gasteiger partial charge < -0.3 is 0 Å². The van der Waals surface area contributed by atoms with Crippen LogP contribution in [0.3, 0.4) is 0 Å². The fourth-order valence-electron chi connectivity index (χ4n) is 7.13. The zero-order chi connectivity index (χ0) is 31.1. The molecule has 2 nitrogen and oxygen atoms in total. The maximum atomic E-state index is 3.74. The minimum Gasteiger partial charge on any atom is -0.247 e. The molecule has 0 aliphatic heterocycles. The summed E-state index contributed by atoms with van der Waals surface area (Å²) in [6, 6.07) is 0.620. The number of nitrogens with one attached hydrogen (secondary N) is 1. The van der Waals surface area contributed by atoms with Crippen LogP contribution in [0.2, 0.25) is 0 Å². The number of H-pyrrole nitrogens is 1. The van der Waals surface area contributed by atoms with Gasteiger partial charge in [-0.05, 0) is 32.6 Å². The topological polar surface area (TPSA) is 19.7 Å². The molecule has 1 heterocycles. The summed E-state index contributed by atoms with van der Waals surface area (Å²) in [5, 5.41) is 0. The lowest BCUT2D eigenvalue weighted by Gasteiger charge is -2.17. The van der Waals surface area contributed by atoms with Crippen molar-refractivity contribution in [3.8, 4) is 0 Å². The molecule has 0 aliphatic rings. The molecule has 0 radical (unpaired) electrons. The van der Waals surface area contributed by atoms with Crippen LogP contribution < -0.4 is 4.57 Å². The molecule has 0 bridgehead atoms. The van der Waals surface area contributed by atoms with Gasteiger partial charge in [-0.3, -0.25) is 0 Å². The number of aromatic amines is 1. The minimum absolute atomic E-state index is 0.620. The molecule has 0 spiro atoms. The van der Waals surface area contributed by atoms with E-state index in [9.17, 15) is 0 Å². The zero-order valence-electron chi connectivity index (χ0n) is 30.4. The summed E-state index contributed by atoms with van der Waals surface area (Å²) in [4.78, 5) is 3.74. The van der Waals surface area contributed by atoms with Crippen LogP contribution in [0.1, 0.15) is 251 Å². The summed E-state index contributed by atoms with van der Waals surface area (Å²) >= 11 is 0. The standard InChI is InChI=1S/C41H80N2/c1-5-8-11-14-16-18-19-20-21-22-23-25-27-30-33-36-40(35-32-29-26-24-17-15-12-9-6-2)41-42-37-38-43(41)39(4)34-31-28-13-10-7-3/h37-40H,5-36H2,1-4H3/p+1. The Morgan fingerprint density at radius 2 is 0.744 bits per heavy atom. The Morgan fingerprint density at radius 3 is 1.09 bits per heavy atom. The van der Waals surface area contributed by atoms with Gasteiger partial charge in [-0.1, -0.05) is 201 Å². The van der Waals surface area contributed by atoms with Gasteiger partial charge in [0.15, 0.2) is 0 Å². The van der Waals surface area contributed by atoms with Gasteiger partial charge in [-0.2, -0.15) is 0 Å². The summed E-state index contributed by atoms with van der Waals surface area (Å²) in [5.41, 5.74) is 0. The molecule has 0 saturated carbocycles. The summed E-state index contributed by atoms with van der Waals surface area (Å²) in [7, 11) is 0. The largest absolute Gasteiger partial charge is 0.257 e. The number of rotatable bonds is 34. The molecule has 1 rings (SSSR count). The predicted octanol–water partition coefficient (Wildman–Crippen LogP) is 14.5. The van der Waals surface area contributed by atoms with Crippen molar-refractivity contribution in [2.75, 3.05) is 0 Å².